The highest BCUT2D eigenvalue weighted by atomic mass is 16.5. The number of nitrogens with zero attached hydrogens (tertiary/aromatic N) is 5. The van der Waals surface area contributed by atoms with Gasteiger partial charge in [-0.25, -0.2) is 0 Å². The van der Waals surface area contributed by atoms with Gasteiger partial charge in [-0.15, -0.1) is 0 Å². The maximum atomic E-state index is 13.0. The van der Waals surface area contributed by atoms with Crippen molar-refractivity contribution >= 4 is 29.2 Å². The third-order valence-corrected chi connectivity index (χ3v) is 7.65. The first kappa shape index (κ1) is 26.8. The smallest absolute Gasteiger partial charge is 0.246 e. The molecule has 10 nitrogen and oxygen atoms in total. The molecule has 206 valence electrons. The largest absolute Gasteiger partial charge is 0.381 e. The lowest BCUT2D eigenvalue weighted by molar-refractivity contribution is -0.142. The van der Waals surface area contributed by atoms with Gasteiger partial charge in [-0.05, 0) is 54.9 Å². The van der Waals surface area contributed by atoms with Crippen LogP contribution < -0.4 is 10.6 Å². The van der Waals surface area contributed by atoms with Crippen LogP contribution in [0.1, 0.15) is 61.3 Å². The van der Waals surface area contributed by atoms with Gasteiger partial charge in [0, 0.05) is 44.3 Å². The molecule has 2 saturated heterocycles. The average molecular weight is 532 g/mol. The number of aromatic nitrogens is 4. The van der Waals surface area contributed by atoms with E-state index in [-0.39, 0.29) is 29.7 Å². The summed E-state index contributed by atoms with van der Waals surface area (Å²) in [7, 11) is 0. The number of carbonyl (C=O) groups excluding carboxylic acids is 2. The fourth-order valence-corrected chi connectivity index (χ4v) is 5.12. The fourth-order valence-electron chi connectivity index (χ4n) is 5.12. The summed E-state index contributed by atoms with van der Waals surface area (Å²) in [5.41, 5.74) is 4.89. The molecular weight excluding hydrogens is 494 g/mol. The van der Waals surface area contributed by atoms with Crippen LogP contribution in [0.3, 0.4) is 0 Å². The number of anilines is 2. The van der Waals surface area contributed by atoms with E-state index in [0.29, 0.717) is 37.8 Å². The highest BCUT2D eigenvalue weighted by molar-refractivity contribution is 5.95. The van der Waals surface area contributed by atoms with E-state index in [2.05, 4.69) is 48.3 Å². The summed E-state index contributed by atoms with van der Waals surface area (Å²) in [5, 5.41) is 11.5. The first-order valence-corrected chi connectivity index (χ1v) is 13.7. The van der Waals surface area contributed by atoms with E-state index in [0.717, 1.165) is 54.0 Å². The van der Waals surface area contributed by atoms with Crippen molar-refractivity contribution in [2.75, 3.05) is 30.4 Å². The predicted octanol–water partition coefficient (Wildman–Crippen LogP) is 3.66. The van der Waals surface area contributed by atoms with Gasteiger partial charge < -0.3 is 20.3 Å². The Labute approximate surface area is 228 Å². The number of amides is 1. The number of carbonyl (C=O) groups is 2. The summed E-state index contributed by atoms with van der Waals surface area (Å²) >= 11 is 0. The Balaban J connectivity index is 1.33. The summed E-state index contributed by atoms with van der Waals surface area (Å²) in [6.07, 6.45) is 5.95. The molecule has 0 radical (unpaired) electrons. The summed E-state index contributed by atoms with van der Waals surface area (Å²) in [6.45, 7) is 12.4. The molecular formula is C29H37N7O3. The van der Waals surface area contributed by atoms with Gasteiger partial charge in [0.15, 0.2) is 11.4 Å². The van der Waals surface area contributed by atoms with Crippen LogP contribution in [0.15, 0.2) is 37.1 Å². The SMILES string of the molecule is C=CC(=O)N1CCC1C(=O)Cc1cc(CNc2nc(NC3CCOCC3)nc3c(C(C)C)cnn23)ccc1C. The Hall–Kier alpha value is -3.79. The van der Waals surface area contributed by atoms with E-state index in [4.69, 9.17) is 14.7 Å². The Kier molecular flexibility index (Phi) is 7.92. The number of ether oxygens (including phenoxy) is 1. The molecule has 2 fully saturated rings. The molecule has 1 atom stereocenters. The molecule has 10 heteroatoms. The second kappa shape index (κ2) is 11.5. The molecule has 0 bridgehead atoms. The summed E-state index contributed by atoms with van der Waals surface area (Å²) in [4.78, 5) is 36.1. The van der Waals surface area contributed by atoms with Crippen molar-refractivity contribution in [2.45, 2.75) is 71.0 Å². The zero-order valence-corrected chi connectivity index (χ0v) is 22.9. The van der Waals surface area contributed by atoms with E-state index in [1.165, 1.54) is 6.08 Å². The summed E-state index contributed by atoms with van der Waals surface area (Å²) in [5.74, 6) is 1.33. The minimum absolute atomic E-state index is 0.0590. The van der Waals surface area contributed by atoms with Crippen molar-refractivity contribution in [2.24, 2.45) is 0 Å². The van der Waals surface area contributed by atoms with Crippen LogP contribution in [-0.2, 0) is 27.3 Å². The van der Waals surface area contributed by atoms with E-state index in [9.17, 15) is 9.59 Å². The van der Waals surface area contributed by atoms with Crippen molar-refractivity contribution < 1.29 is 14.3 Å². The van der Waals surface area contributed by atoms with Crippen molar-refractivity contribution in [1.29, 1.82) is 0 Å². The maximum Gasteiger partial charge on any atom is 0.246 e. The number of ketones is 1. The number of fused-ring (bicyclic) bond motifs is 1. The van der Waals surface area contributed by atoms with Crippen LogP contribution >= 0.6 is 0 Å². The number of Topliss-reactive ketones (excluding diaryl/α,β-unsaturated/α-hetero) is 1. The highest BCUT2D eigenvalue weighted by Gasteiger charge is 2.36. The third kappa shape index (κ3) is 5.80. The molecule has 4 heterocycles. The Morgan fingerprint density at radius 3 is 2.69 bits per heavy atom. The average Bonchev–Trinajstić information content (AvgIpc) is 3.33. The normalized spacial score (nSPS) is 17.7. The molecule has 2 aliphatic heterocycles. The van der Waals surface area contributed by atoms with E-state index < -0.39 is 0 Å². The second-order valence-electron chi connectivity index (χ2n) is 10.7. The van der Waals surface area contributed by atoms with Gasteiger partial charge in [-0.2, -0.15) is 19.6 Å². The van der Waals surface area contributed by atoms with Gasteiger partial charge in [0.05, 0.1) is 12.2 Å². The fraction of sp³-hybridized carbons (Fsp3) is 0.483. The Bertz CT molecular complexity index is 1380. The number of hydrogen-bond acceptors (Lipinski definition) is 8. The monoisotopic (exact) mass is 531 g/mol. The minimum Gasteiger partial charge on any atom is -0.381 e. The number of likely N-dealkylation sites (tertiary alicyclic amines) is 1. The minimum atomic E-state index is -0.359. The lowest BCUT2D eigenvalue weighted by Gasteiger charge is -2.39. The summed E-state index contributed by atoms with van der Waals surface area (Å²) in [6, 6.07) is 6.05. The van der Waals surface area contributed by atoms with Crippen molar-refractivity contribution in [3.05, 3.63) is 59.3 Å². The number of rotatable bonds is 10. The molecule has 1 amide bonds. The Morgan fingerprint density at radius 2 is 2.00 bits per heavy atom. The standard InChI is InChI=1S/C29H37N7O3/c1-5-26(38)35-11-8-24(35)25(37)15-21-14-20(7-6-19(21)4)16-30-29-34-28(32-22-9-12-39-13-10-22)33-27-23(18(2)3)17-31-36(27)29/h5-7,14,17-18,22,24H,1,8-13,15-16H2,2-4H3,(H2,30,32,33,34). The molecule has 3 aromatic rings. The molecule has 2 aliphatic rings. The molecule has 39 heavy (non-hydrogen) atoms. The van der Waals surface area contributed by atoms with Crippen molar-refractivity contribution in [3.63, 3.8) is 0 Å². The van der Waals surface area contributed by atoms with Gasteiger partial charge in [0.25, 0.3) is 0 Å². The van der Waals surface area contributed by atoms with Crippen molar-refractivity contribution in [3.8, 4) is 0 Å². The zero-order chi connectivity index (χ0) is 27.5. The third-order valence-electron chi connectivity index (χ3n) is 7.65. The zero-order valence-electron chi connectivity index (χ0n) is 22.9. The molecule has 5 rings (SSSR count). The van der Waals surface area contributed by atoms with Crippen LogP contribution in [0.2, 0.25) is 0 Å². The lowest BCUT2D eigenvalue weighted by Crippen LogP contribution is -2.55. The van der Waals surface area contributed by atoms with Crippen LogP contribution in [0.4, 0.5) is 11.9 Å². The quantitative estimate of drug-likeness (QED) is 0.381. The van der Waals surface area contributed by atoms with E-state index in [1.807, 2.05) is 19.2 Å². The van der Waals surface area contributed by atoms with Gasteiger partial charge >= 0.3 is 0 Å². The molecule has 2 aromatic heterocycles. The molecule has 0 saturated carbocycles. The number of hydrogen-bond donors (Lipinski definition) is 2. The molecule has 2 N–H and O–H groups in total. The second-order valence-corrected chi connectivity index (χ2v) is 10.7. The van der Waals surface area contributed by atoms with Crippen LogP contribution in [0.5, 0.6) is 0 Å². The molecule has 0 aliphatic carbocycles. The first-order chi connectivity index (χ1) is 18.8. The van der Waals surface area contributed by atoms with Crippen molar-refractivity contribution in [1.82, 2.24) is 24.5 Å². The number of nitrogens with one attached hydrogen (secondary N) is 2. The highest BCUT2D eigenvalue weighted by Crippen LogP contribution is 2.25. The van der Waals surface area contributed by atoms with Gasteiger partial charge in [0.2, 0.25) is 17.8 Å². The van der Waals surface area contributed by atoms with Gasteiger partial charge in [-0.3, -0.25) is 9.59 Å². The number of aryl methyl sites for hydroxylation is 1. The summed E-state index contributed by atoms with van der Waals surface area (Å²) < 4.78 is 7.25. The maximum absolute atomic E-state index is 13.0. The lowest BCUT2D eigenvalue weighted by atomic mass is 9.92. The molecule has 0 spiro atoms. The van der Waals surface area contributed by atoms with Crippen LogP contribution in [0, 0.1) is 6.92 Å². The topological polar surface area (TPSA) is 114 Å². The molecule has 1 unspecified atom stereocenters. The Morgan fingerprint density at radius 1 is 1.21 bits per heavy atom. The molecule has 1 aromatic carbocycles. The first-order valence-electron chi connectivity index (χ1n) is 13.7. The van der Waals surface area contributed by atoms with Crippen LogP contribution in [0.25, 0.3) is 5.65 Å². The van der Waals surface area contributed by atoms with Crippen LogP contribution in [-0.4, -0.2) is 68.0 Å². The number of benzene rings is 1. The van der Waals surface area contributed by atoms with Gasteiger partial charge in [-0.1, -0.05) is 38.6 Å². The van der Waals surface area contributed by atoms with E-state index >= 15 is 0 Å². The predicted molar refractivity (Wildman–Crippen MR) is 150 cm³/mol. The van der Waals surface area contributed by atoms with Gasteiger partial charge in [0.1, 0.15) is 0 Å². The van der Waals surface area contributed by atoms with E-state index in [1.54, 1.807) is 9.42 Å².